The molecule has 0 fully saturated rings. The maximum Gasteiger partial charge on any atom is 0.707 e. The summed E-state index contributed by atoms with van der Waals surface area (Å²) in [7, 11) is 0.147. The van der Waals surface area contributed by atoms with Crippen molar-refractivity contribution in [2.75, 3.05) is 14.2 Å². The maximum atomic E-state index is 11.6. The highest BCUT2D eigenvalue weighted by molar-refractivity contribution is 6.34. The van der Waals surface area contributed by atoms with E-state index in [0.717, 1.165) is 14.2 Å². The summed E-state index contributed by atoms with van der Waals surface area (Å²) in [6.07, 6.45) is 0. The molecule has 0 aliphatic rings. The molecule has 1 aromatic rings. The summed E-state index contributed by atoms with van der Waals surface area (Å²) in [5, 5.41) is 17.5. The van der Waals surface area contributed by atoms with Gasteiger partial charge in [0.1, 0.15) is 11.3 Å². The number of methoxy groups -OCH3 is 2. The van der Waals surface area contributed by atoms with Gasteiger partial charge in [0.15, 0.2) is 0 Å². The van der Waals surface area contributed by atoms with Crippen LogP contribution in [0.1, 0.15) is 20.7 Å². The molecule has 0 radical (unpaired) electrons. The fourth-order valence-corrected chi connectivity index (χ4v) is 1.34. The molecule has 1 aromatic carbocycles. The Bertz CT molecular complexity index is 458. The lowest BCUT2D eigenvalue weighted by molar-refractivity contribution is 0.0552. The van der Waals surface area contributed by atoms with Crippen LogP contribution in [0.3, 0.4) is 0 Å². The minimum absolute atomic E-state index is 0.0949. The number of hydrogen-bond acceptors (Lipinski definition) is 7. The summed E-state index contributed by atoms with van der Waals surface area (Å²) < 4.78 is 13.6. The van der Waals surface area contributed by atoms with E-state index in [0.29, 0.717) is 0 Å². The molecule has 0 heterocycles. The Morgan fingerprint density at radius 1 is 1.11 bits per heavy atom. The quantitative estimate of drug-likeness (QED) is 0.557. The first-order valence-corrected chi connectivity index (χ1v) is 4.83. The van der Waals surface area contributed by atoms with E-state index in [1.54, 1.807) is 0 Å². The van der Waals surface area contributed by atoms with Gasteiger partial charge in [-0.2, -0.15) is 0 Å². The lowest BCUT2D eigenvalue weighted by atomic mass is 10.1. The second kappa shape index (κ2) is 6.03. The van der Waals surface area contributed by atoms with E-state index in [4.69, 9.17) is 10.0 Å². The summed E-state index contributed by atoms with van der Waals surface area (Å²) in [5.74, 6) is -1.82. The third kappa shape index (κ3) is 2.99. The van der Waals surface area contributed by atoms with Crippen molar-refractivity contribution in [1.82, 2.24) is 0 Å². The number of rotatable bonds is 4. The number of carbonyl (C=O) groups excluding carboxylic acids is 2. The van der Waals surface area contributed by atoms with Gasteiger partial charge in [0.25, 0.3) is 0 Å². The van der Waals surface area contributed by atoms with Crippen molar-refractivity contribution >= 4 is 19.3 Å². The molecule has 7 nitrogen and oxygen atoms in total. The highest BCUT2D eigenvalue weighted by Gasteiger charge is 2.25. The van der Waals surface area contributed by atoms with Crippen molar-refractivity contribution in [3.63, 3.8) is 0 Å². The third-order valence-electron chi connectivity index (χ3n) is 2.05. The molecule has 8 heteroatoms. The molecular weight excluding hydrogens is 243 g/mol. The maximum absolute atomic E-state index is 11.6. The van der Waals surface area contributed by atoms with Gasteiger partial charge in [-0.25, -0.2) is 9.59 Å². The zero-order chi connectivity index (χ0) is 13.7. The standard InChI is InChI=1S/C10H11BO7/c1-16-9(12)6-4-3-5-7(18-11(14)15)8(6)10(13)17-2/h3-5,14-15H,1-2H3. The van der Waals surface area contributed by atoms with Crippen LogP contribution in [-0.4, -0.2) is 43.5 Å². The van der Waals surface area contributed by atoms with E-state index in [1.165, 1.54) is 18.2 Å². The van der Waals surface area contributed by atoms with E-state index in [1.807, 2.05) is 0 Å². The second-order valence-corrected chi connectivity index (χ2v) is 3.11. The highest BCUT2D eigenvalue weighted by atomic mass is 16.6. The van der Waals surface area contributed by atoms with Gasteiger partial charge in [-0.3, -0.25) is 0 Å². The first-order chi connectivity index (χ1) is 8.51. The monoisotopic (exact) mass is 254 g/mol. The topological polar surface area (TPSA) is 102 Å². The Morgan fingerprint density at radius 3 is 2.22 bits per heavy atom. The fourth-order valence-electron chi connectivity index (χ4n) is 1.34. The molecule has 0 aliphatic heterocycles. The predicted molar refractivity (Wildman–Crippen MR) is 59.9 cm³/mol. The molecule has 0 unspecified atom stereocenters. The smallest absolute Gasteiger partial charge is 0.511 e. The Balaban J connectivity index is 3.34. The molecule has 0 aromatic heterocycles. The first-order valence-electron chi connectivity index (χ1n) is 4.83. The Kier molecular flexibility index (Phi) is 4.70. The van der Waals surface area contributed by atoms with Gasteiger partial charge < -0.3 is 24.2 Å². The molecule has 0 amide bonds. The molecule has 0 bridgehead atoms. The van der Waals surface area contributed by atoms with Crippen LogP contribution in [-0.2, 0) is 9.47 Å². The number of carbonyl (C=O) groups is 2. The van der Waals surface area contributed by atoms with Gasteiger partial charge in [-0.05, 0) is 12.1 Å². The highest BCUT2D eigenvalue weighted by Crippen LogP contribution is 2.24. The van der Waals surface area contributed by atoms with Crippen LogP contribution < -0.4 is 4.65 Å². The summed E-state index contributed by atoms with van der Waals surface area (Å²) in [4.78, 5) is 23.1. The second-order valence-electron chi connectivity index (χ2n) is 3.11. The van der Waals surface area contributed by atoms with Gasteiger partial charge in [0, 0.05) is 0 Å². The van der Waals surface area contributed by atoms with Crippen molar-refractivity contribution < 1.29 is 33.8 Å². The minimum Gasteiger partial charge on any atom is -0.511 e. The Hall–Kier alpha value is -2.06. The summed E-state index contributed by atoms with van der Waals surface area (Å²) in [6, 6.07) is 4.02. The average Bonchev–Trinajstić information content (AvgIpc) is 2.36. The van der Waals surface area contributed by atoms with E-state index in [-0.39, 0.29) is 16.9 Å². The number of benzene rings is 1. The van der Waals surface area contributed by atoms with Crippen LogP contribution in [0.5, 0.6) is 5.75 Å². The van der Waals surface area contributed by atoms with Crippen LogP contribution >= 0.6 is 0 Å². The lowest BCUT2D eigenvalue weighted by Crippen LogP contribution is -2.23. The zero-order valence-electron chi connectivity index (χ0n) is 9.75. The molecular formula is C10H11BO7. The fraction of sp³-hybridized carbons (Fsp3) is 0.200. The molecule has 1 rings (SSSR count). The minimum atomic E-state index is -2.12. The van der Waals surface area contributed by atoms with Crippen LogP contribution in [0.2, 0.25) is 0 Å². The van der Waals surface area contributed by atoms with Gasteiger partial charge in [0.2, 0.25) is 0 Å². The van der Waals surface area contributed by atoms with Crippen LogP contribution in [0, 0.1) is 0 Å². The van der Waals surface area contributed by atoms with E-state index >= 15 is 0 Å². The van der Waals surface area contributed by atoms with Gasteiger partial charge >= 0.3 is 19.3 Å². The molecule has 2 N–H and O–H groups in total. The first kappa shape index (κ1) is 14.0. The van der Waals surface area contributed by atoms with Crippen molar-refractivity contribution in [2.24, 2.45) is 0 Å². The molecule has 96 valence electrons. The number of esters is 2. The molecule has 0 aliphatic carbocycles. The van der Waals surface area contributed by atoms with E-state index in [9.17, 15) is 9.59 Å². The van der Waals surface area contributed by atoms with Crippen LogP contribution in [0.15, 0.2) is 18.2 Å². The summed E-state index contributed by atoms with van der Waals surface area (Å²) >= 11 is 0. The summed E-state index contributed by atoms with van der Waals surface area (Å²) in [5.41, 5.74) is -0.331. The van der Waals surface area contributed by atoms with E-state index in [2.05, 4.69) is 14.1 Å². The van der Waals surface area contributed by atoms with Crippen molar-refractivity contribution in [2.45, 2.75) is 0 Å². The van der Waals surface area contributed by atoms with Crippen LogP contribution in [0.4, 0.5) is 0 Å². The average molecular weight is 254 g/mol. The van der Waals surface area contributed by atoms with Gasteiger partial charge in [-0.1, -0.05) is 6.07 Å². The van der Waals surface area contributed by atoms with Crippen molar-refractivity contribution in [1.29, 1.82) is 0 Å². The molecule has 0 saturated heterocycles. The third-order valence-corrected chi connectivity index (χ3v) is 2.05. The predicted octanol–water partition coefficient (Wildman–Crippen LogP) is -0.392. The summed E-state index contributed by atoms with van der Waals surface area (Å²) in [6.45, 7) is 0. The van der Waals surface area contributed by atoms with E-state index < -0.39 is 19.3 Å². The molecule has 0 atom stereocenters. The van der Waals surface area contributed by atoms with Crippen molar-refractivity contribution in [3.05, 3.63) is 29.3 Å². The zero-order valence-corrected chi connectivity index (χ0v) is 9.75. The van der Waals surface area contributed by atoms with Crippen LogP contribution in [0.25, 0.3) is 0 Å². The SMILES string of the molecule is COC(=O)c1cccc(OB(O)O)c1C(=O)OC. The normalized spacial score (nSPS) is 9.56. The molecule has 0 spiro atoms. The largest absolute Gasteiger partial charge is 0.707 e. The van der Waals surface area contributed by atoms with Crippen molar-refractivity contribution in [3.8, 4) is 5.75 Å². The number of hydrogen-bond donors (Lipinski definition) is 2. The van der Waals surface area contributed by atoms with Gasteiger partial charge in [-0.15, -0.1) is 0 Å². The molecule has 18 heavy (non-hydrogen) atoms. The Morgan fingerprint density at radius 2 is 1.72 bits per heavy atom. The van der Waals surface area contributed by atoms with Gasteiger partial charge in [0.05, 0.1) is 19.8 Å². The number of ether oxygens (including phenoxy) is 2. The Labute approximate surface area is 103 Å². The lowest BCUT2D eigenvalue weighted by Gasteiger charge is -2.12. The molecule has 0 saturated carbocycles.